The highest BCUT2D eigenvalue weighted by Gasteiger charge is 2.31. The van der Waals surface area contributed by atoms with Crippen LogP contribution in [0.25, 0.3) is 77.2 Å². The molecule has 0 aliphatic rings. The van der Waals surface area contributed by atoms with Gasteiger partial charge in [0.1, 0.15) is 23.0 Å². The standard InChI is InChI=1S/C78H98N2O4Si3/c1-48-38-54(85(15,16)17)45-63(61-26-24-27-65(71(61)81)79-66-40-50(75(3,4)5)28-32-57(66)58-33-29-51(41-67(58)79)76(6,7)8)73(48)83-36-25-37-84-74-49(2)39-55(86(18,19)20)46-64(74)62-44-56(87(21,22)23)47-70(72(62)82)80-68-42-52(77(9,10)11)30-34-59(68)60-35-31-53(43-69(60)80)78(12,13)14/h24,26-35,38-47,81-82H,25,36-37H2,1-23H3. The van der Waals surface area contributed by atoms with Gasteiger partial charge >= 0.3 is 0 Å². The molecule has 456 valence electrons. The molecule has 9 heteroatoms. The van der Waals surface area contributed by atoms with E-state index >= 15 is 0 Å². The van der Waals surface area contributed by atoms with Crippen molar-refractivity contribution in [1.29, 1.82) is 0 Å². The number of aromatic hydroxyl groups is 2. The third-order valence-corrected chi connectivity index (χ3v) is 24.2. The maximum absolute atomic E-state index is 13.3. The van der Waals surface area contributed by atoms with E-state index in [0.717, 1.165) is 89.1 Å². The first-order chi connectivity index (χ1) is 40.2. The van der Waals surface area contributed by atoms with Crippen LogP contribution in [-0.4, -0.2) is 56.8 Å². The molecule has 0 spiro atoms. The molecule has 2 aromatic heterocycles. The maximum atomic E-state index is 13.3. The first-order valence-corrected chi connectivity index (χ1v) is 42.2. The minimum Gasteiger partial charge on any atom is -0.505 e. The van der Waals surface area contributed by atoms with E-state index in [-0.39, 0.29) is 33.2 Å². The number of para-hydroxylation sites is 1. The van der Waals surface area contributed by atoms with Crippen molar-refractivity contribution in [3.05, 3.63) is 161 Å². The summed E-state index contributed by atoms with van der Waals surface area (Å²) >= 11 is 0. The zero-order valence-corrected chi connectivity index (χ0v) is 59.9. The van der Waals surface area contributed by atoms with Crippen LogP contribution in [0.1, 0.15) is 123 Å². The number of hydrogen-bond donors (Lipinski definition) is 2. The van der Waals surface area contributed by atoms with Crippen LogP contribution in [-0.2, 0) is 21.7 Å². The molecule has 0 saturated carbocycles. The number of phenolic OH excluding ortho intramolecular Hbond substituents is 2. The molecule has 0 bridgehead atoms. The fourth-order valence-electron chi connectivity index (χ4n) is 12.4. The van der Waals surface area contributed by atoms with Crippen molar-refractivity contribution in [2.45, 2.75) is 184 Å². The predicted molar refractivity (Wildman–Crippen MR) is 385 cm³/mol. The molecule has 0 atom stereocenters. The van der Waals surface area contributed by atoms with Crippen LogP contribution in [0.3, 0.4) is 0 Å². The molecule has 87 heavy (non-hydrogen) atoms. The lowest BCUT2D eigenvalue weighted by molar-refractivity contribution is 0.247. The molecular formula is C78H98N2O4Si3. The van der Waals surface area contributed by atoms with Gasteiger partial charge in [-0.05, 0) is 105 Å². The third-order valence-electron chi connectivity index (χ3n) is 18.1. The number of nitrogens with zero attached hydrogens (tertiary/aromatic N) is 2. The number of aryl methyl sites for hydroxylation is 2. The molecule has 0 aliphatic heterocycles. The summed E-state index contributed by atoms with van der Waals surface area (Å²) in [5.74, 6) is 2.02. The summed E-state index contributed by atoms with van der Waals surface area (Å²) in [6.07, 6.45) is 0.600. The minimum absolute atomic E-state index is 0.0720. The van der Waals surface area contributed by atoms with E-state index in [1.807, 2.05) is 6.07 Å². The maximum Gasteiger partial charge on any atom is 0.147 e. The van der Waals surface area contributed by atoms with Gasteiger partial charge in [0.25, 0.3) is 0 Å². The number of rotatable bonds is 13. The fourth-order valence-corrected chi connectivity index (χ4v) is 16.0. The van der Waals surface area contributed by atoms with Gasteiger partial charge in [-0.15, -0.1) is 0 Å². The quantitative estimate of drug-likeness (QED) is 0.0892. The van der Waals surface area contributed by atoms with Gasteiger partial charge in [-0.2, -0.15) is 0 Å². The zero-order valence-electron chi connectivity index (χ0n) is 56.9. The lowest BCUT2D eigenvalue weighted by Gasteiger charge is -2.26. The van der Waals surface area contributed by atoms with Gasteiger partial charge in [0, 0.05) is 50.2 Å². The Hall–Kier alpha value is -6.79. The Labute approximate surface area is 523 Å². The second-order valence-electron chi connectivity index (χ2n) is 32.3. The first-order valence-electron chi connectivity index (χ1n) is 31.7. The number of fused-ring (bicyclic) bond motifs is 6. The summed E-state index contributed by atoms with van der Waals surface area (Å²) in [6.45, 7) is 53.8. The summed E-state index contributed by atoms with van der Waals surface area (Å²) in [7, 11) is -5.76. The lowest BCUT2D eigenvalue weighted by atomic mass is 9.86. The van der Waals surface area contributed by atoms with E-state index in [4.69, 9.17) is 9.47 Å². The van der Waals surface area contributed by atoms with E-state index in [1.54, 1.807) is 0 Å². The van der Waals surface area contributed by atoms with Crippen molar-refractivity contribution in [1.82, 2.24) is 9.13 Å². The van der Waals surface area contributed by atoms with Crippen LogP contribution < -0.4 is 25.0 Å². The lowest BCUT2D eigenvalue weighted by Crippen LogP contribution is -2.38. The highest BCUT2D eigenvalue weighted by molar-refractivity contribution is 6.89. The summed E-state index contributed by atoms with van der Waals surface area (Å²) in [5, 5.41) is 34.8. The molecule has 2 heterocycles. The molecule has 10 aromatic rings. The van der Waals surface area contributed by atoms with Crippen LogP contribution in [0, 0.1) is 13.8 Å². The first kappa shape index (κ1) is 63.2. The normalized spacial score (nSPS) is 13.2. The fraction of sp³-hybridized carbons (Fsp3) is 0.385. The van der Waals surface area contributed by atoms with Crippen molar-refractivity contribution < 1.29 is 19.7 Å². The van der Waals surface area contributed by atoms with Gasteiger partial charge in [0.15, 0.2) is 0 Å². The number of aromatic nitrogens is 2. The van der Waals surface area contributed by atoms with Gasteiger partial charge in [0.2, 0.25) is 0 Å². The van der Waals surface area contributed by atoms with E-state index in [9.17, 15) is 10.2 Å². The molecule has 0 amide bonds. The van der Waals surface area contributed by atoms with E-state index in [1.165, 1.54) is 48.6 Å². The predicted octanol–water partition coefficient (Wildman–Crippen LogP) is 19.9. The van der Waals surface area contributed by atoms with Gasteiger partial charge in [-0.1, -0.05) is 249 Å². The van der Waals surface area contributed by atoms with E-state index < -0.39 is 24.2 Å². The molecule has 8 aromatic carbocycles. The smallest absolute Gasteiger partial charge is 0.147 e. The number of phenols is 2. The Morgan fingerprint density at radius 3 is 1.01 bits per heavy atom. The van der Waals surface area contributed by atoms with Crippen LogP contribution in [0.5, 0.6) is 23.0 Å². The average molecular weight is 1210 g/mol. The molecule has 0 radical (unpaired) electrons. The molecule has 0 aliphatic carbocycles. The Morgan fingerprint density at radius 2 is 0.667 bits per heavy atom. The zero-order chi connectivity index (χ0) is 63.6. The summed E-state index contributed by atoms with van der Waals surface area (Å²) in [6, 6.07) is 47.4. The second-order valence-corrected chi connectivity index (χ2v) is 47.5. The van der Waals surface area contributed by atoms with E-state index in [0.29, 0.717) is 19.6 Å². The number of hydrogen-bond acceptors (Lipinski definition) is 4. The molecule has 6 nitrogen and oxygen atoms in total. The third kappa shape index (κ3) is 12.1. The van der Waals surface area contributed by atoms with Crippen LogP contribution in [0.15, 0.2) is 127 Å². The van der Waals surface area contributed by atoms with Crippen LogP contribution in [0.2, 0.25) is 58.9 Å². The summed E-state index contributed by atoms with van der Waals surface area (Å²) in [5.41, 5.74) is 15.9. The largest absolute Gasteiger partial charge is 0.505 e. The topological polar surface area (TPSA) is 68.8 Å². The van der Waals surface area contributed by atoms with Crippen molar-refractivity contribution in [2.75, 3.05) is 13.2 Å². The van der Waals surface area contributed by atoms with Crippen molar-refractivity contribution in [3.63, 3.8) is 0 Å². The number of ether oxygens (including phenoxy) is 2. The SMILES string of the molecule is Cc1cc([Si](C)(C)C)cc(-c2cccc(-n3c4cc(C(C)(C)C)ccc4c4ccc(C(C)(C)C)cc43)c2O)c1OCCCOc1c(C)cc([Si](C)(C)C)cc1-c1cc([Si](C)(C)C)cc(-n2c3cc(C(C)(C)C)ccc3c3ccc(C(C)(C)C)cc32)c1O. The molecule has 0 unspecified atom stereocenters. The Kier molecular flexibility index (Phi) is 16.0. The van der Waals surface area contributed by atoms with Gasteiger partial charge in [-0.25, -0.2) is 0 Å². The highest BCUT2D eigenvalue weighted by atomic mass is 28.3. The van der Waals surface area contributed by atoms with Crippen LogP contribution >= 0.6 is 0 Å². The Balaban J connectivity index is 1.05. The molecule has 0 fully saturated rings. The monoisotopic (exact) mass is 1210 g/mol. The van der Waals surface area contributed by atoms with Gasteiger partial charge in [-0.3, -0.25) is 0 Å². The van der Waals surface area contributed by atoms with Crippen molar-refractivity contribution in [2.24, 2.45) is 0 Å². The second kappa shape index (κ2) is 22.1. The molecular weight excluding hydrogens is 1110 g/mol. The molecule has 10 rings (SSSR count). The highest BCUT2D eigenvalue weighted by Crippen LogP contribution is 2.47. The molecule has 0 saturated heterocycles. The van der Waals surface area contributed by atoms with E-state index in [2.05, 4.69) is 286 Å². The minimum atomic E-state index is -2.03. The van der Waals surface area contributed by atoms with Gasteiger partial charge in [0.05, 0.1) is 70.9 Å². The molecule has 2 N–H and O–H groups in total. The van der Waals surface area contributed by atoms with Crippen molar-refractivity contribution in [3.8, 4) is 56.6 Å². The Bertz CT molecular complexity index is 4190. The van der Waals surface area contributed by atoms with Crippen molar-refractivity contribution >= 4 is 83.4 Å². The number of benzene rings is 8. The average Bonchev–Trinajstić information content (AvgIpc) is 1.65. The van der Waals surface area contributed by atoms with Gasteiger partial charge < -0.3 is 28.8 Å². The summed E-state index contributed by atoms with van der Waals surface area (Å²) < 4.78 is 18.7. The van der Waals surface area contributed by atoms with Crippen LogP contribution in [0.4, 0.5) is 0 Å². The summed E-state index contributed by atoms with van der Waals surface area (Å²) in [4.78, 5) is 0. The Morgan fingerprint density at radius 1 is 0.356 bits per heavy atom.